The Morgan fingerprint density at radius 2 is 2.00 bits per heavy atom. The Morgan fingerprint density at radius 3 is 2.57 bits per heavy atom. The van der Waals surface area contributed by atoms with Gasteiger partial charge in [0.2, 0.25) is 0 Å². The SMILES string of the molecule is O=C1NC(=O)C2(CCCC2)N1CCO. The van der Waals surface area contributed by atoms with Crippen LogP contribution in [0, 0.1) is 0 Å². The van der Waals surface area contributed by atoms with Gasteiger partial charge < -0.3 is 10.0 Å². The van der Waals surface area contributed by atoms with Gasteiger partial charge in [0, 0.05) is 6.54 Å². The standard InChI is InChI=1S/C9H14N2O3/c12-6-5-11-8(14)10-7(13)9(11)3-1-2-4-9/h12H,1-6H2,(H,10,13,14). The van der Waals surface area contributed by atoms with Crippen LogP contribution in [0.2, 0.25) is 0 Å². The molecule has 0 aromatic heterocycles. The van der Waals surface area contributed by atoms with Gasteiger partial charge in [-0.25, -0.2) is 4.79 Å². The van der Waals surface area contributed by atoms with Gasteiger partial charge in [-0.15, -0.1) is 0 Å². The van der Waals surface area contributed by atoms with Crippen LogP contribution in [0.3, 0.4) is 0 Å². The molecule has 1 heterocycles. The van der Waals surface area contributed by atoms with Crippen molar-refractivity contribution in [3.63, 3.8) is 0 Å². The van der Waals surface area contributed by atoms with Gasteiger partial charge in [0.25, 0.3) is 5.91 Å². The van der Waals surface area contributed by atoms with E-state index in [2.05, 4.69) is 5.32 Å². The zero-order valence-corrected chi connectivity index (χ0v) is 7.95. The average Bonchev–Trinajstić information content (AvgIpc) is 2.70. The van der Waals surface area contributed by atoms with Gasteiger partial charge >= 0.3 is 6.03 Å². The molecule has 78 valence electrons. The maximum Gasteiger partial charge on any atom is 0.325 e. The highest BCUT2D eigenvalue weighted by molar-refractivity contribution is 6.07. The van der Waals surface area contributed by atoms with Crippen molar-refractivity contribution in [3.8, 4) is 0 Å². The van der Waals surface area contributed by atoms with Gasteiger partial charge in [0.05, 0.1) is 6.61 Å². The first-order chi connectivity index (χ1) is 6.70. The van der Waals surface area contributed by atoms with Crippen LogP contribution in [-0.4, -0.2) is 40.6 Å². The fraction of sp³-hybridized carbons (Fsp3) is 0.778. The Kier molecular flexibility index (Phi) is 2.19. The monoisotopic (exact) mass is 198 g/mol. The van der Waals surface area contributed by atoms with Crippen molar-refractivity contribution < 1.29 is 14.7 Å². The highest BCUT2D eigenvalue weighted by atomic mass is 16.3. The number of hydrogen-bond acceptors (Lipinski definition) is 3. The Balaban J connectivity index is 2.26. The number of amides is 3. The van der Waals surface area contributed by atoms with Gasteiger partial charge in [0.15, 0.2) is 0 Å². The summed E-state index contributed by atoms with van der Waals surface area (Å²) in [6.07, 6.45) is 3.40. The number of nitrogens with zero attached hydrogens (tertiary/aromatic N) is 1. The molecule has 1 aliphatic carbocycles. The summed E-state index contributed by atoms with van der Waals surface area (Å²) in [5.74, 6) is -0.187. The van der Waals surface area contributed by atoms with E-state index in [9.17, 15) is 9.59 Å². The Morgan fingerprint density at radius 1 is 1.36 bits per heavy atom. The summed E-state index contributed by atoms with van der Waals surface area (Å²) in [5.41, 5.74) is -0.639. The highest BCUT2D eigenvalue weighted by Crippen LogP contribution is 2.38. The molecule has 0 bridgehead atoms. The number of rotatable bonds is 2. The molecule has 1 spiro atoms. The van der Waals surface area contributed by atoms with Crippen molar-refractivity contribution in [2.24, 2.45) is 0 Å². The van der Waals surface area contributed by atoms with Gasteiger partial charge in [-0.05, 0) is 12.8 Å². The van der Waals surface area contributed by atoms with E-state index in [-0.39, 0.29) is 25.1 Å². The van der Waals surface area contributed by atoms with Crippen molar-refractivity contribution >= 4 is 11.9 Å². The fourth-order valence-corrected chi connectivity index (χ4v) is 2.47. The van der Waals surface area contributed by atoms with E-state index in [4.69, 9.17) is 5.11 Å². The number of aliphatic hydroxyl groups is 1. The third kappa shape index (κ3) is 1.12. The molecule has 0 unspecified atom stereocenters. The van der Waals surface area contributed by atoms with E-state index in [1.54, 1.807) is 0 Å². The summed E-state index contributed by atoms with van der Waals surface area (Å²) in [4.78, 5) is 24.5. The summed E-state index contributed by atoms with van der Waals surface area (Å²) in [5, 5.41) is 11.2. The molecule has 5 heteroatoms. The lowest BCUT2D eigenvalue weighted by atomic mass is 9.96. The summed E-state index contributed by atoms with van der Waals surface area (Å²) >= 11 is 0. The molecule has 0 aromatic carbocycles. The maximum absolute atomic E-state index is 11.6. The lowest BCUT2D eigenvalue weighted by Crippen LogP contribution is -2.48. The molecule has 14 heavy (non-hydrogen) atoms. The third-order valence-corrected chi connectivity index (χ3v) is 3.16. The lowest BCUT2D eigenvalue weighted by Gasteiger charge is -2.30. The normalized spacial score (nSPS) is 24.8. The first-order valence-corrected chi connectivity index (χ1v) is 4.95. The molecule has 2 rings (SSSR count). The first kappa shape index (κ1) is 9.45. The van der Waals surface area contributed by atoms with Crippen LogP contribution in [0.5, 0.6) is 0 Å². The minimum Gasteiger partial charge on any atom is -0.395 e. The van der Waals surface area contributed by atoms with Crippen molar-refractivity contribution in [3.05, 3.63) is 0 Å². The predicted molar refractivity (Wildman–Crippen MR) is 48.5 cm³/mol. The van der Waals surface area contributed by atoms with E-state index in [1.165, 1.54) is 4.90 Å². The molecule has 0 radical (unpaired) electrons. The average molecular weight is 198 g/mol. The minimum atomic E-state index is -0.639. The van der Waals surface area contributed by atoms with Crippen molar-refractivity contribution in [1.82, 2.24) is 10.2 Å². The van der Waals surface area contributed by atoms with Gasteiger partial charge in [-0.2, -0.15) is 0 Å². The molecule has 3 amide bonds. The Hall–Kier alpha value is -1.10. The molecule has 0 aromatic rings. The quantitative estimate of drug-likeness (QED) is 0.606. The van der Waals surface area contributed by atoms with Gasteiger partial charge in [0.1, 0.15) is 5.54 Å². The van der Waals surface area contributed by atoms with Crippen LogP contribution in [0.15, 0.2) is 0 Å². The molecular formula is C9H14N2O3. The predicted octanol–water partition coefficient (Wildman–Crippen LogP) is -0.157. The van der Waals surface area contributed by atoms with Crippen LogP contribution in [0.4, 0.5) is 4.79 Å². The van der Waals surface area contributed by atoms with Crippen LogP contribution >= 0.6 is 0 Å². The summed E-state index contributed by atoms with van der Waals surface area (Å²) < 4.78 is 0. The van der Waals surface area contributed by atoms with E-state index in [0.29, 0.717) is 0 Å². The molecule has 1 saturated carbocycles. The van der Waals surface area contributed by atoms with Crippen molar-refractivity contribution in [2.75, 3.05) is 13.2 Å². The topological polar surface area (TPSA) is 69.6 Å². The molecule has 2 fully saturated rings. The van der Waals surface area contributed by atoms with Crippen molar-refractivity contribution in [1.29, 1.82) is 0 Å². The number of nitrogens with one attached hydrogen (secondary N) is 1. The molecule has 2 N–H and O–H groups in total. The largest absolute Gasteiger partial charge is 0.395 e. The summed E-state index contributed by atoms with van der Waals surface area (Å²) in [6, 6.07) is -0.356. The van der Waals surface area contributed by atoms with Crippen LogP contribution in [0.25, 0.3) is 0 Å². The Bertz CT molecular complexity index is 271. The van der Waals surface area contributed by atoms with Crippen LogP contribution in [-0.2, 0) is 4.79 Å². The number of imide groups is 1. The summed E-state index contributed by atoms with van der Waals surface area (Å²) in [6.45, 7) is 0.153. The van der Waals surface area contributed by atoms with E-state index < -0.39 is 5.54 Å². The smallest absolute Gasteiger partial charge is 0.325 e. The molecular weight excluding hydrogens is 184 g/mol. The van der Waals surface area contributed by atoms with E-state index in [0.717, 1.165) is 25.7 Å². The second kappa shape index (κ2) is 3.24. The maximum atomic E-state index is 11.6. The molecule has 1 aliphatic heterocycles. The minimum absolute atomic E-state index is 0.0948. The first-order valence-electron chi connectivity index (χ1n) is 4.95. The number of hydrogen-bond donors (Lipinski definition) is 2. The van der Waals surface area contributed by atoms with Crippen molar-refractivity contribution in [2.45, 2.75) is 31.2 Å². The highest BCUT2D eigenvalue weighted by Gasteiger charge is 2.53. The fourth-order valence-electron chi connectivity index (χ4n) is 2.47. The summed E-state index contributed by atoms with van der Waals surface area (Å²) in [7, 11) is 0. The Labute approximate surface area is 82.1 Å². The zero-order chi connectivity index (χ0) is 10.2. The molecule has 2 aliphatic rings. The second-order valence-corrected chi connectivity index (χ2v) is 3.87. The molecule has 5 nitrogen and oxygen atoms in total. The number of carbonyl (C=O) groups excluding carboxylic acids is 2. The molecule has 0 atom stereocenters. The van der Waals surface area contributed by atoms with Crippen LogP contribution in [0.1, 0.15) is 25.7 Å². The van der Waals surface area contributed by atoms with Gasteiger partial charge in [-0.3, -0.25) is 10.1 Å². The van der Waals surface area contributed by atoms with Gasteiger partial charge in [-0.1, -0.05) is 12.8 Å². The van der Waals surface area contributed by atoms with E-state index in [1.807, 2.05) is 0 Å². The number of urea groups is 1. The third-order valence-electron chi connectivity index (χ3n) is 3.16. The van der Waals surface area contributed by atoms with Crippen LogP contribution < -0.4 is 5.32 Å². The molecule has 1 saturated heterocycles. The number of aliphatic hydroxyl groups excluding tert-OH is 1. The zero-order valence-electron chi connectivity index (χ0n) is 7.95. The second-order valence-electron chi connectivity index (χ2n) is 3.87. The lowest BCUT2D eigenvalue weighted by molar-refractivity contribution is -0.126. The van der Waals surface area contributed by atoms with E-state index >= 15 is 0 Å². The number of β-amino-alcohol motifs (C(OH)–C–C–N with tert-alkyl or cyclic N) is 1. The number of carbonyl (C=O) groups is 2.